The maximum Gasteiger partial charge on any atom is 0.415 e. The Bertz CT molecular complexity index is 872. The number of hydrogen-bond acceptors (Lipinski definition) is 5. The summed E-state index contributed by atoms with van der Waals surface area (Å²) in [6, 6.07) is 11.0. The van der Waals surface area contributed by atoms with Crippen molar-refractivity contribution in [3.8, 4) is 0 Å². The van der Waals surface area contributed by atoms with Crippen LogP contribution in [-0.2, 0) is 16.1 Å². The molecule has 2 aromatic carbocycles. The first-order chi connectivity index (χ1) is 13.2. The summed E-state index contributed by atoms with van der Waals surface area (Å²) >= 11 is 5.96. The molecule has 148 valence electrons. The molecule has 0 spiro atoms. The molecule has 1 unspecified atom stereocenters. The third-order valence-corrected chi connectivity index (χ3v) is 4.19. The molecule has 9 heteroatoms. The number of aliphatic carboxylic acids is 1. The van der Waals surface area contributed by atoms with Crippen LogP contribution in [0.15, 0.2) is 48.5 Å². The number of benzene rings is 2. The second-order valence-corrected chi connectivity index (χ2v) is 6.76. The number of nitro groups is 1. The number of carbonyl (C=O) groups is 2. The Morgan fingerprint density at radius 2 is 1.86 bits per heavy atom. The lowest BCUT2D eigenvalue weighted by Gasteiger charge is -2.30. The Balaban J connectivity index is 2.48. The van der Waals surface area contributed by atoms with Crippen LogP contribution < -0.4 is 4.90 Å². The van der Waals surface area contributed by atoms with E-state index in [1.807, 2.05) is 0 Å². The first-order valence-electron chi connectivity index (χ1n) is 8.39. The monoisotopic (exact) mass is 406 g/mol. The van der Waals surface area contributed by atoms with Gasteiger partial charge in [0, 0.05) is 11.1 Å². The SMILES string of the molecule is CC(C)C(C(=O)O)N(C(=O)OCc1ccccc1)c1cc(Cl)ccc1[N+](=O)[O-]. The smallest absolute Gasteiger partial charge is 0.415 e. The predicted octanol–water partition coefficient (Wildman–Crippen LogP) is 4.50. The van der Waals surface area contributed by atoms with Crippen LogP contribution in [0.2, 0.25) is 5.02 Å². The highest BCUT2D eigenvalue weighted by molar-refractivity contribution is 6.31. The molecule has 2 rings (SSSR count). The summed E-state index contributed by atoms with van der Waals surface area (Å²) in [7, 11) is 0. The standard InChI is InChI=1S/C19H19ClN2O6/c1-12(2)17(18(23)24)21(16-10-14(20)8-9-15(16)22(26)27)19(25)28-11-13-6-4-3-5-7-13/h3-10,12,17H,11H2,1-2H3,(H,23,24). The van der Waals surface area contributed by atoms with E-state index in [2.05, 4.69) is 0 Å². The number of nitrogens with zero attached hydrogens (tertiary/aromatic N) is 2. The number of carbonyl (C=O) groups excluding carboxylic acids is 1. The summed E-state index contributed by atoms with van der Waals surface area (Å²) in [5.74, 6) is -1.87. The zero-order valence-electron chi connectivity index (χ0n) is 15.2. The fraction of sp³-hybridized carbons (Fsp3) is 0.263. The second-order valence-electron chi connectivity index (χ2n) is 6.33. The van der Waals surface area contributed by atoms with Gasteiger partial charge in [-0.15, -0.1) is 0 Å². The van der Waals surface area contributed by atoms with E-state index in [9.17, 15) is 24.8 Å². The zero-order chi connectivity index (χ0) is 20.8. The van der Waals surface area contributed by atoms with E-state index in [1.165, 1.54) is 12.1 Å². The average molecular weight is 407 g/mol. The molecule has 0 saturated carbocycles. The van der Waals surface area contributed by atoms with Crippen molar-refractivity contribution in [1.82, 2.24) is 0 Å². The van der Waals surface area contributed by atoms with Crippen LogP contribution in [0.25, 0.3) is 0 Å². The molecular weight excluding hydrogens is 388 g/mol. The van der Waals surface area contributed by atoms with Gasteiger partial charge in [-0.1, -0.05) is 55.8 Å². The number of hydrogen-bond donors (Lipinski definition) is 1. The summed E-state index contributed by atoms with van der Waals surface area (Å²) in [6.07, 6.45) is -1.02. The van der Waals surface area contributed by atoms with Crippen molar-refractivity contribution in [2.75, 3.05) is 4.90 Å². The number of carboxylic acids is 1. The van der Waals surface area contributed by atoms with Gasteiger partial charge in [-0.2, -0.15) is 0 Å². The van der Waals surface area contributed by atoms with Gasteiger partial charge in [0.1, 0.15) is 18.3 Å². The Labute approximate surface area is 166 Å². The van der Waals surface area contributed by atoms with Crippen molar-refractivity contribution >= 4 is 35.0 Å². The van der Waals surface area contributed by atoms with Gasteiger partial charge in [0.05, 0.1) is 4.92 Å². The van der Waals surface area contributed by atoms with Crippen LogP contribution in [0.3, 0.4) is 0 Å². The highest BCUT2D eigenvalue weighted by Crippen LogP contribution is 2.34. The van der Waals surface area contributed by atoms with Crippen LogP contribution in [0.1, 0.15) is 19.4 Å². The summed E-state index contributed by atoms with van der Waals surface area (Å²) < 4.78 is 5.26. The van der Waals surface area contributed by atoms with Crippen LogP contribution >= 0.6 is 11.6 Å². The number of nitro benzene ring substituents is 1. The molecule has 0 aliphatic heterocycles. The quantitative estimate of drug-likeness (QED) is 0.535. The molecule has 0 fully saturated rings. The highest BCUT2D eigenvalue weighted by atomic mass is 35.5. The van der Waals surface area contributed by atoms with E-state index < -0.39 is 34.6 Å². The first-order valence-corrected chi connectivity index (χ1v) is 8.76. The molecular formula is C19H19ClN2O6. The molecule has 0 heterocycles. The molecule has 8 nitrogen and oxygen atoms in total. The average Bonchev–Trinajstić information content (AvgIpc) is 2.63. The lowest BCUT2D eigenvalue weighted by molar-refractivity contribution is -0.384. The summed E-state index contributed by atoms with van der Waals surface area (Å²) in [5, 5.41) is 21.2. The van der Waals surface area contributed by atoms with Crippen molar-refractivity contribution in [3.63, 3.8) is 0 Å². The minimum absolute atomic E-state index is 0.116. The number of carboxylic acid groups (broad SMARTS) is 1. The molecule has 1 N–H and O–H groups in total. The zero-order valence-corrected chi connectivity index (χ0v) is 16.0. The highest BCUT2D eigenvalue weighted by Gasteiger charge is 2.38. The third-order valence-electron chi connectivity index (χ3n) is 3.96. The summed E-state index contributed by atoms with van der Waals surface area (Å²) in [5.41, 5.74) is -0.00237. The maximum absolute atomic E-state index is 12.8. The van der Waals surface area contributed by atoms with Crippen LogP contribution in [0.5, 0.6) is 0 Å². The lowest BCUT2D eigenvalue weighted by atomic mass is 10.0. The Morgan fingerprint density at radius 1 is 1.21 bits per heavy atom. The van der Waals surface area contributed by atoms with Gasteiger partial charge < -0.3 is 9.84 Å². The number of amides is 1. The number of anilines is 1. The van der Waals surface area contributed by atoms with Gasteiger partial charge in [0.25, 0.3) is 5.69 Å². The lowest BCUT2D eigenvalue weighted by Crippen LogP contribution is -2.49. The molecule has 2 aromatic rings. The summed E-state index contributed by atoms with van der Waals surface area (Å²) in [4.78, 5) is 36.2. The van der Waals surface area contributed by atoms with E-state index >= 15 is 0 Å². The maximum atomic E-state index is 12.8. The fourth-order valence-electron chi connectivity index (χ4n) is 2.69. The van der Waals surface area contributed by atoms with Gasteiger partial charge in [0.2, 0.25) is 0 Å². The van der Waals surface area contributed by atoms with E-state index in [1.54, 1.807) is 44.2 Å². The van der Waals surface area contributed by atoms with E-state index in [0.717, 1.165) is 11.0 Å². The second kappa shape index (κ2) is 9.18. The molecule has 0 aliphatic rings. The van der Waals surface area contributed by atoms with Gasteiger partial charge in [-0.25, -0.2) is 9.59 Å². The Hall–Kier alpha value is -3.13. The normalized spacial score (nSPS) is 11.7. The van der Waals surface area contributed by atoms with Crippen molar-refractivity contribution in [3.05, 3.63) is 69.2 Å². The number of rotatable bonds is 7. The minimum Gasteiger partial charge on any atom is -0.480 e. The largest absolute Gasteiger partial charge is 0.480 e. The first kappa shape index (κ1) is 21.2. The Morgan fingerprint density at radius 3 is 2.39 bits per heavy atom. The number of halogens is 1. The predicted molar refractivity (Wildman–Crippen MR) is 103 cm³/mol. The minimum atomic E-state index is -1.39. The molecule has 1 amide bonds. The number of ether oxygens (including phenoxy) is 1. The van der Waals surface area contributed by atoms with Crippen LogP contribution in [0, 0.1) is 16.0 Å². The molecule has 0 aromatic heterocycles. The van der Waals surface area contributed by atoms with Crippen LogP contribution in [-0.4, -0.2) is 28.1 Å². The van der Waals surface area contributed by atoms with E-state index in [-0.39, 0.29) is 17.3 Å². The van der Waals surface area contributed by atoms with Crippen molar-refractivity contribution in [1.29, 1.82) is 0 Å². The van der Waals surface area contributed by atoms with Crippen molar-refractivity contribution in [2.45, 2.75) is 26.5 Å². The molecule has 0 saturated heterocycles. The van der Waals surface area contributed by atoms with Gasteiger partial charge in [-0.3, -0.25) is 15.0 Å². The van der Waals surface area contributed by atoms with Gasteiger partial charge >= 0.3 is 12.1 Å². The molecule has 0 aliphatic carbocycles. The summed E-state index contributed by atoms with van der Waals surface area (Å²) in [6.45, 7) is 3.06. The van der Waals surface area contributed by atoms with E-state index in [4.69, 9.17) is 16.3 Å². The van der Waals surface area contributed by atoms with Crippen LogP contribution in [0.4, 0.5) is 16.2 Å². The fourth-order valence-corrected chi connectivity index (χ4v) is 2.85. The van der Waals surface area contributed by atoms with Gasteiger partial charge in [-0.05, 0) is 23.6 Å². The van der Waals surface area contributed by atoms with Crippen molar-refractivity contribution in [2.24, 2.45) is 5.92 Å². The Kier molecular flexibility index (Phi) is 6.94. The third kappa shape index (κ3) is 4.98. The van der Waals surface area contributed by atoms with Gasteiger partial charge in [0.15, 0.2) is 0 Å². The van der Waals surface area contributed by atoms with E-state index in [0.29, 0.717) is 5.56 Å². The topological polar surface area (TPSA) is 110 Å². The molecule has 0 bridgehead atoms. The molecule has 28 heavy (non-hydrogen) atoms. The van der Waals surface area contributed by atoms with Crippen molar-refractivity contribution < 1.29 is 24.4 Å². The molecule has 1 atom stereocenters. The molecule has 0 radical (unpaired) electrons.